The van der Waals surface area contributed by atoms with Gasteiger partial charge in [0.2, 0.25) is 0 Å². The molecule has 0 aliphatic rings. The van der Waals surface area contributed by atoms with Gasteiger partial charge in [-0.1, -0.05) is 49.4 Å². The van der Waals surface area contributed by atoms with E-state index in [2.05, 4.69) is 10.1 Å². The molecule has 4 rings (SSSR count). The van der Waals surface area contributed by atoms with Crippen LogP contribution in [-0.2, 0) is 17.6 Å². The van der Waals surface area contributed by atoms with Gasteiger partial charge in [0.15, 0.2) is 11.6 Å². The first-order valence-electron chi connectivity index (χ1n) is 14.9. The van der Waals surface area contributed by atoms with Crippen molar-refractivity contribution in [2.75, 3.05) is 20.6 Å². The van der Waals surface area contributed by atoms with Gasteiger partial charge in [-0.25, -0.2) is 14.0 Å². The van der Waals surface area contributed by atoms with Gasteiger partial charge >= 0.3 is 17.8 Å². The number of hydrogen-bond donors (Lipinski definition) is 5. The molecule has 12 nitrogen and oxygen atoms in total. The number of carboxylic acids is 1. The Balaban J connectivity index is 0.000000838. The summed E-state index contributed by atoms with van der Waals surface area (Å²) in [5, 5.41) is 19.4. The summed E-state index contributed by atoms with van der Waals surface area (Å²) in [5.74, 6) is -4.49. The van der Waals surface area contributed by atoms with Crippen LogP contribution in [0.25, 0.3) is 5.69 Å². The monoisotopic (exact) mass is 687 g/mol. The third-order valence-corrected chi connectivity index (χ3v) is 7.17. The number of amidine groups is 1. The summed E-state index contributed by atoms with van der Waals surface area (Å²) in [7, 11) is 3.83. The highest BCUT2D eigenvalue weighted by Gasteiger charge is 2.38. The number of halogens is 4. The molecule has 1 aromatic heterocycles. The van der Waals surface area contributed by atoms with Crippen LogP contribution in [0.1, 0.15) is 58.2 Å². The van der Waals surface area contributed by atoms with Crippen LogP contribution in [0.3, 0.4) is 0 Å². The lowest BCUT2D eigenvalue weighted by molar-refractivity contribution is -0.192. The van der Waals surface area contributed by atoms with Crippen molar-refractivity contribution < 1.29 is 37.0 Å². The lowest BCUT2D eigenvalue weighted by Gasteiger charge is -2.22. The predicted molar refractivity (Wildman–Crippen MR) is 174 cm³/mol. The van der Waals surface area contributed by atoms with Crippen molar-refractivity contribution in [1.29, 1.82) is 5.41 Å². The summed E-state index contributed by atoms with van der Waals surface area (Å²) >= 11 is 0. The zero-order chi connectivity index (χ0) is 36.6. The van der Waals surface area contributed by atoms with Gasteiger partial charge in [0.05, 0.1) is 17.2 Å². The van der Waals surface area contributed by atoms with Gasteiger partial charge in [-0.3, -0.25) is 15.2 Å². The SMILES string of the molecule is CCc1cc(OC(C)CN(C)C)c(F)c(C(Cc2ccc(C(=N)N)cc2)c2nn(-c3ccccc3C(N)=O)c(=O)[nH]2)c1.O=C(O)C(F)(F)F. The van der Waals surface area contributed by atoms with Gasteiger partial charge in [-0.15, -0.1) is 5.10 Å². The van der Waals surface area contributed by atoms with Crippen LogP contribution in [0.2, 0.25) is 0 Å². The number of para-hydroxylation sites is 1. The summed E-state index contributed by atoms with van der Waals surface area (Å²) in [5.41, 5.74) is 13.4. The van der Waals surface area contributed by atoms with Gasteiger partial charge in [-0.05, 0) is 63.2 Å². The van der Waals surface area contributed by atoms with Crippen molar-refractivity contribution in [3.05, 3.63) is 111 Å². The number of aryl methyl sites for hydroxylation is 1. The molecule has 0 spiro atoms. The predicted octanol–water partition coefficient (Wildman–Crippen LogP) is 3.98. The Hall–Kier alpha value is -5.51. The number of alkyl halides is 3. The summed E-state index contributed by atoms with van der Waals surface area (Å²) < 4.78 is 55.2. The normalized spacial score (nSPS) is 12.5. The largest absolute Gasteiger partial charge is 0.490 e. The Morgan fingerprint density at radius 1 is 1.08 bits per heavy atom. The van der Waals surface area contributed by atoms with Gasteiger partial charge < -0.3 is 26.2 Å². The van der Waals surface area contributed by atoms with Crippen LogP contribution in [0, 0.1) is 11.2 Å². The van der Waals surface area contributed by atoms with Gasteiger partial charge in [0.25, 0.3) is 5.91 Å². The summed E-state index contributed by atoms with van der Waals surface area (Å²) in [6.45, 7) is 4.44. The number of likely N-dealkylation sites (N-methyl/N-ethyl adjacent to an activating group) is 1. The second-order valence-electron chi connectivity index (χ2n) is 11.3. The standard InChI is InChI=1S/C31H36FN7O3.C2HF3O2/c1-5-19-14-23(27(32)26(16-19)42-18(2)17-38(3)4)24(15-20-10-12-21(13-11-20)28(33)34)30-36-31(41)39(37-30)25-9-7-6-8-22(25)29(35)40;3-2(4,5)1(6)7/h6-14,16,18,24H,5,15,17H2,1-4H3,(H3,33,34)(H2,35,40)(H,36,37,41);(H,6,7). The number of nitrogens with zero attached hydrogens (tertiary/aromatic N) is 3. The zero-order valence-corrected chi connectivity index (χ0v) is 27.1. The highest BCUT2D eigenvalue weighted by molar-refractivity contribution is 5.96. The fraction of sp³-hybridized carbons (Fsp3) is 0.303. The molecule has 1 amide bonds. The Kier molecular flexibility index (Phi) is 12.4. The number of H-pyrrole nitrogens is 1. The molecular weight excluding hydrogens is 650 g/mol. The minimum absolute atomic E-state index is 0.0652. The molecule has 2 unspecified atom stereocenters. The highest BCUT2D eigenvalue weighted by Crippen LogP contribution is 2.34. The maximum absolute atomic E-state index is 16.3. The number of carbonyl (C=O) groups is 2. The first-order chi connectivity index (χ1) is 22.9. The molecule has 0 saturated carbocycles. The fourth-order valence-electron chi connectivity index (χ4n) is 4.93. The Bertz CT molecular complexity index is 1850. The zero-order valence-electron chi connectivity index (χ0n) is 27.1. The maximum atomic E-state index is 16.3. The van der Waals surface area contributed by atoms with Crippen molar-refractivity contribution >= 4 is 17.7 Å². The van der Waals surface area contributed by atoms with Crippen LogP contribution in [-0.4, -0.2) is 75.4 Å². The summed E-state index contributed by atoms with van der Waals surface area (Å²) in [4.78, 5) is 38.9. The fourth-order valence-corrected chi connectivity index (χ4v) is 4.93. The maximum Gasteiger partial charge on any atom is 0.490 e. The lowest BCUT2D eigenvalue weighted by Crippen LogP contribution is -2.28. The van der Waals surface area contributed by atoms with E-state index in [-0.39, 0.29) is 41.2 Å². The van der Waals surface area contributed by atoms with Crippen molar-refractivity contribution in [3.63, 3.8) is 0 Å². The molecule has 3 aromatic carbocycles. The van der Waals surface area contributed by atoms with Crippen molar-refractivity contribution in [3.8, 4) is 11.4 Å². The molecule has 0 radical (unpaired) electrons. The van der Waals surface area contributed by atoms with E-state index >= 15 is 4.39 Å². The number of benzene rings is 3. The van der Waals surface area contributed by atoms with E-state index in [0.29, 0.717) is 24.1 Å². The first kappa shape index (κ1) is 37.9. The number of ether oxygens (including phenoxy) is 1. The second-order valence-corrected chi connectivity index (χ2v) is 11.3. The average molecular weight is 688 g/mol. The quantitative estimate of drug-likeness (QED) is 0.0838. The van der Waals surface area contributed by atoms with Gasteiger partial charge in [-0.2, -0.15) is 17.9 Å². The van der Waals surface area contributed by atoms with Crippen LogP contribution >= 0.6 is 0 Å². The number of aromatic amines is 1. The Morgan fingerprint density at radius 2 is 1.69 bits per heavy atom. The van der Waals surface area contributed by atoms with Gasteiger partial charge in [0, 0.05) is 17.7 Å². The average Bonchev–Trinajstić information content (AvgIpc) is 3.41. The molecule has 0 fully saturated rings. The number of nitrogens with two attached hydrogens (primary N) is 2. The number of carbonyl (C=O) groups excluding carboxylic acids is 1. The molecule has 4 aromatic rings. The Labute approximate surface area is 278 Å². The van der Waals surface area contributed by atoms with Crippen molar-refractivity contribution in [2.24, 2.45) is 11.5 Å². The number of amides is 1. The van der Waals surface area contributed by atoms with Gasteiger partial charge in [0.1, 0.15) is 17.8 Å². The Morgan fingerprint density at radius 3 is 2.22 bits per heavy atom. The first-order valence-corrected chi connectivity index (χ1v) is 14.9. The number of nitrogens with one attached hydrogen (secondary N) is 2. The number of carboxylic acid groups (broad SMARTS) is 1. The number of primary amides is 1. The van der Waals surface area contributed by atoms with E-state index in [0.717, 1.165) is 15.8 Å². The van der Waals surface area contributed by atoms with E-state index in [1.807, 2.05) is 32.8 Å². The minimum Gasteiger partial charge on any atom is -0.486 e. The number of nitrogen functional groups attached to an aromatic ring is 1. The molecule has 0 aliphatic carbocycles. The van der Waals surface area contributed by atoms with Crippen LogP contribution in [0.15, 0.2) is 65.5 Å². The van der Waals surface area contributed by atoms with Crippen LogP contribution in [0.4, 0.5) is 17.6 Å². The molecule has 262 valence electrons. The number of aliphatic carboxylic acids is 1. The number of rotatable bonds is 12. The smallest absolute Gasteiger partial charge is 0.486 e. The van der Waals surface area contributed by atoms with E-state index < -0.39 is 35.5 Å². The lowest BCUT2D eigenvalue weighted by atomic mass is 9.89. The minimum atomic E-state index is -5.08. The molecule has 16 heteroatoms. The molecule has 0 bridgehead atoms. The van der Waals surface area contributed by atoms with E-state index in [4.69, 9.17) is 31.5 Å². The van der Waals surface area contributed by atoms with Crippen LogP contribution < -0.4 is 21.9 Å². The van der Waals surface area contributed by atoms with E-state index in [1.54, 1.807) is 54.6 Å². The number of hydrogen-bond acceptors (Lipinski definition) is 7. The highest BCUT2D eigenvalue weighted by atomic mass is 19.4. The van der Waals surface area contributed by atoms with Crippen molar-refractivity contribution in [1.82, 2.24) is 19.7 Å². The van der Waals surface area contributed by atoms with Crippen LogP contribution in [0.5, 0.6) is 5.75 Å². The molecule has 7 N–H and O–H groups in total. The summed E-state index contributed by atoms with van der Waals surface area (Å²) in [6, 6.07) is 16.9. The van der Waals surface area contributed by atoms with E-state index in [1.165, 1.54) is 6.07 Å². The molecule has 1 heterocycles. The summed E-state index contributed by atoms with van der Waals surface area (Å²) in [6.07, 6.45) is -4.47. The van der Waals surface area contributed by atoms with Crippen molar-refractivity contribution in [2.45, 2.75) is 44.9 Å². The topological polar surface area (TPSA) is 193 Å². The molecule has 0 aliphatic heterocycles. The second kappa shape index (κ2) is 16.1. The molecule has 2 atom stereocenters. The third kappa shape index (κ3) is 9.99. The number of aromatic nitrogens is 3. The molecule has 49 heavy (non-hydrogen) atoms. The van der Waals surface area contributed by atoms with E-state index in [9.17, 15) is 22.8 Å². The molecule has 0 saturated heterocycles. The molecular formula is C33H37F4N7O5. The third-order valence-electron chi connectivity index (χ3n) is 7.17.